The van der Waals surface area contributed by atoms with Crippen molar-refractivity contribution in [3.05, 3.63) is 58.9 Å². The summed E-state index contributed by atoms with van der Waals surface area (Å²) in [4.78, 5) is 0. The van der Waals surface area contributed by atoms with E-state index in [1.54, 1.807) is 12.1 Å². The molecule has 3 rings (SSSR count). The van der Waals surface area contributed by atoms with Gasteiger partial charge in [-0.05, 0) is 41.8 Å². The Morgan fingerprint density at radius 2 is 1.95 bits per heavy atom. The summed E-state index contributed by atoms with van der Waals surface area (Å²) in [5, 5.41) is 0. The van der Waals surface area contributed by atoms with Crippen molar-refractivity contribution in [3.8, 4) is 11.5 Å². The van der Waals surface area contributed by atoms with Crippen LogP contribution in [0.5, 0.6) is 11.5 Å². The molecule has 2 N–H and O–H groups in total. The van der Waals surface area contributed by atoms with Crippen LogP contribution in [0.1, 0.15) is 29.7 Å². The minimum Gasteiger partial charge on any atom is -0.494 e. The molecule has 3 nitrogen and oxygen atoms in total. The normalized spacial score (nSPS) is 18.0. The lowest BCUT2D eigenvalue weighted by Gasteiger charge is -2.14. The van der Waals surface area contributed by atoms with Gasteiger partial charge in [-0.3, -0.25) is 0 Å². The molecule has 0 amide bonds. The van der Waals surface area contributed by atoms with Crippen LogP contribution in [0.2, 0.25) is 0 Å². The van der Waals surface area contributed by atoms with E-state index in [4.69, 9.17) is 15.2 Å². The SMILES string of the molecule is COc1ccc(C(N)c2ccc3c(c2)CC(C)O3)cc1F. The standard InChI is InChI=1S/C17H18FNO2/c1-10-7-13-8-11(3-5-15(13)21-10)17(19)12-4-6-16(20-2)14(18)9-12/h3-6,8-10,17H,7,19H2,1-2H3. The first-order valence-electron chi connectivity index (χ1n) is 6.97. The smallest absolute Gasteiger partial charge is 0.165 e. The van der Waals surface area contributed by atoms with Crippen LogP contribution < -0.4 is 15.2 Å². The molecule has 0 aliphatic carbocycles. The van der Waals surface area contributed by atoms with E-state index in [0.29, 0.717) is 0 Å². The average Bonchev–Trinajstić information content (AvgIpc) is 2.85. The largest absolute Gasteiger partial charge is 0.494 e. The van der Waals surface area contributed by atoms with E-state index in [1.165, 1.54) is 13.2 Å². The van der Waals surface area contributed by atoms with Crippen molar-refractivity contribution in [1.29, 1.82) is 0 Å². The number of halogens is 1. The number of hydrogen-bond acceptors (Lipinski definition) is 3. The molecule has 2 aromatic carbocycles. The Kier molecular flexibility index (Phi) is 3.55. The zero-order chi connectivity index (χ0) is 15.0. The van der Waals surface area contributed by atoms with Crippen molar-refractivity contribution in [1.82, 2.24) is 0 Å². The van der Waals surface area contributed by atoms with Gasteiger partial charge in [-0.1, -0.05) is 18.2 Å². The molecule has 110 valence electrons. The zero-order valence-corrected chi connectivity index (χ0v) is 12.1. The van der Waals surface area contributed by atoms with Crippen molar-refractivity contribution in [2.24, 2.45) is 5.73 Å². The van der Waals surface area contributed by atoms with Crippen molar-refractivity contribution in [2.75, 3.05) is 7.11 Å². The summed E-state index contributed by atoms with van der Waals surface area (Å²) < 4.78 is 24.4. The van der Waals surface area contributed by atoms with E-state index in [1.807, 2.05) is 25.1 Å². The number of rotatable bonds is 3. The zero-order valence-electron chi connectivity index (χ0n) is 12.1. The summed E-state index contributed by atoms with van der Waals surface area (Å²) in [5.74, 6) is 0.741. The van der Waals surface area contributed by atoms with Crippen LogP contribution in [0, 0.1) is 5.82 Å². The molecule has 1 heterocycles. The molecule has 0 saturated carbocycles. The molecule has 2 atom stereocenters. The maximum atomic E-state index is 13.8. The van der Waals surface area contributed by atoms with Crippen molar-refractivity contribution < 1.29 is 13.9 Å². The quantitative estimate of drug-likeness (QED) is 0.942. The Morgan fingerprint density at radius 3 is 2.67 bits per heavy atom. The molecule has 0 saturated heterocycles. The lowest BCUT2D eigenvalue weighted by Crippen LogP contribution is -2.12. The van der Waals surface area contributed by atoms with Crippen LogP contribution in [-0.2, 0) is 6.42 Å². The minimum atomic E-state index is -0.399. The fourth-order valence-corrected chi connectivity index (χ4v) is 2.70. The van der Waals surface area contributed by atoms with Crippen molar-refractivity contribution in [3.63, 3.8) is 0 Å². The molecule has 1 aliphatic heterocycles. The highest BCUT2D eigenvalue weighted by Gasteiger charge is 2.21. The molecule has 21 heavy (non-hydrogen) atoms. The lowest BCUT2D eigenvalue weighted by molar-refractivity contribution is 0.254. The fraction of sp³-hybridized carbons (Fsp3) is 0.294. The second-order valence-corrected chi connectivity index (χ2v) is 5.37. The first-order chi connectivity index (χ1) is 10.1. The van der Waals surface area contributed by atoms with Crippen LogP contribution >= 0.6 is 0 Å². The molecule has 1 aliphatic rings. The van der Waals surface area contributed by atoms with Crippen LogP contribution in [0.3, 0.4) is 0 Å². The summed E-state index contributed by atoms with van der Waals surface area (Å²) in [5.41, 5.74) is 9.09. The summed E-state index contributed by atoms with van der Waals surface area (Å²) in [6, 6.07) is 10.4. The summed E-state index contributed by atoms with van der Waals surface area (Å²) in [6.45, 7) is 2.04. The number of fused-ring (bicyclic) bond motifs is 1. The van der Waals surface area contributed by atoms with Gasteiger partial charge in [0, 0.05) is 6.42 Å². The van der Waals surface area contributed by atoms with Crippen molar-refractivity contribution >= 4 is 0 Å². The Morgan fingerprint density at radius 1 is 1.24 bits per heavy atom. The van der Waals surface area contributed by atoms with Gasteiger partial charge in [0.1, 0.15) is 11.9 Å². The fourth-order valence-electron chi connectivity index (χ4n) is 2.70. The molecular weight excluding hydrogens is 269 g/mol. The topological polar surface area (TPSA) is 44.5 Å². The Hall–Kier alpha value is -2.07. The van der Waals surface area contributed by atoms with Crippen LogP contribution in [0.4, 0.5) is 4.39 Å². The minimum absolute atomic E-state index is 0.199. The lowest BCUT2D eigenvalue weighted by atomic mass is 9.96. The Labute approximate surface area is 123 Å². The van der Waals surface area contributed by atoms with E-state index in [0.717, 1.165) is 28.9 Å². The van der Waals surface area contributed by atoms with Crippen LogP contribution in [0.15, 0.2) is 36.4 Å². The highest BCUT2D eigenvalue weighted by atomic mass is 19.1. The predicted molar refractivity (Wildman–Crippen MR) is 79.2 cm³/mol. The summed E-state index contributed by atoms with van der Waals surface area (Å²) in [6.07, 6.45) is 1.08. The molecule has 4 heteroatoms. The third-order valence-electron chi connectivity index (χ3n) is 3.81. The van der Waals surface area contributed by atoms with Gasteiger partial charge in [-0.2, -0.15) is 0 Å². The first kappa shape index (κ1) is 13.9. The van der Waals surface area contributed by atoms with Gasteiger partial charge in [0.05, 0.1) is 13.2 Å². The molecule has 0 aromatic heterocycles. The number of nitrogens with two attached hydrogens (primary N) is 1. The van der Waals surface area contributed by atoms with Crippen LogP contribution in [-0.4, -0.2) is 13.2 Å². The van der Waals surface area contributed by atoms with Gasteiger partial charge >= 0.3 is 0 Å². The van der Waals surface area contributed by atoms with Crippen molar-refractivity contribution in [2.45, 2.75) is 25.5 Å². The maximum absolute atomic E-state index is 13.8. The second kappa shape index (κ2) is 5.37. The van der Waals surface area contributed by atoms with Gasteiger partial charge in [-0.15, -0.1) is 0 Å². The highest BCUT2D eigenvalue weighted by Crippen LogP contribution is 2.32. The van der Waals surface area contributed by atoms with Gasteiger partial charge in [0.25, 0.3) is 0 Å². The van der Waals surface area contributed by atoms with E-state index >= 15 is 0 Å². The molecule has 2 unspecified atom stereocenters. The number of benzene rings is 2. The molecule has 2 aromatic rings. The van der Waals surface area contributed by atoms with Gasteiger partial charge in [0.15, 0.2) is 11.6 Å². The number of hydrogen-bond donors (Lipinski definition) is 1. The van der Waals surface area contributed by atoms with E-state index < -0.39 is 5.82 Å². The van der Waals surface area contributed by atoms with E-state index in [9.17, 15) is 4.39 Å². The Bertz CT molecular complexity index is 672. The number of methoxy groups -OCH3 is 1. The number of ether oxygens (including phenoxy) is 2. The van der Waals surface area contributed by atoms with Gasteiger partial charge in [0.2, 0.25) is 0 Å². The monoisotopic (exact) mass is 287 g/mol. The second-order valence-electron chi connectivity index (χ2n) is 5.37. The van der Waals surface area contributed by atoms with Crippen LogP contribution in [0.25, 0.3) is 0 Å². The summed E-state index contributed by atoms with van der Waals surface area (Å²) >= 11 is 0. The van der Waals surface area contributed by atoms with Gasteiger partial charge in [-0.25, -0.2) is 4.39 Å². The third-order valence-corrected chi connectivity index (χ3v) is 3.81. The molecule has 0 fully saturated rings. The van der Waals surface area contributed by atoms with E-state index in [2.05, 4.69) is 0 Å². The Balaban J connectivity index is 1.90. The molecule has 0 radical (unpaired) electrons. The first-order valence-corrected chi connectivity index (χ1v) is 6.97. The van der Waals surface area contributed by atoms with Gasteiger partial charge < -0.3 is 15.2 Å². The highest BCUT2D eigenvalue weighted by molar-refractivity contribution is 5.44. The van der Waals surface area contributed by atoms with E-state index in [-0.39, 0.29) is 17.9 Å². The maximum Gasteiger partial charge on any atom is 0.165 e. The predicted octanol–water partition coefficient (Wildman–Crippen LogP) is 3.21. The summed E-state index contributed by atoms with van der Waals surface area (Å²) in [7, 11) is 1.44. The third kappa shape index (κ3) is 2.59. The molecule has 0 bridgehead atoms. The average molecular weight is 287 g/mol. The molecular formula is C17H18FNO2. The molecule has 0 spiro atoms.